The predicted molar refractivity (Wildman–Crippen MR) is 98.8 cm³/mol. The van der Waals surface area contributed by atoms with E-state index in [4.69, 9.17) is 0 Å². The number of carbonyl (C=O) groups is 2. The fourth-order valence-electron chi connectivity index (χ4n) is 2.79. The fraction of sp³-hybridized carbons (Fsp3) is 0.263. The normalized spacial score (nSPS) is 16.9. The summed E-state index contributed by atoms with van der Waals surface area (Å²) in [6.45, 7) is 4.33. The van der Waals surface area contributed by atoms with E-state index in [0.29, 0.717) is 23.0 Å². The Morgan fingerprint density at radius 3 is 2.75 bits per heavy atom. The van der Waals surface area contributed by atoms with Gasteiger partial charge in [0, 0.05) is 34.9 Å². The second kappa shape index (κ2) is 7.09. The molecule has 1 heterocycles. The molecule has 0 fully saturated rings. The average molecular weight is 340 g/mol. The lowest BCUT2D eigenvalue weighted by atomic mass is 10.1. The summed E-state index contributed by atoms with van der Waals surface area (Å²) in [5.74, 6) is -0.186. The molecule has 3 rings (SSSR count). The van der Waals surface area contributed by atoms with Crippen molar-refractivity contribution in [3.63, 3.8) is 0 Å². The van der Waals surface area contributed by atoms with E-state index >= 15 is 0 Å². The number of benzene rings is 2. The maximum absolute atomic E-state index is 13.1. The molecule has 0 spiro atoms. The first-order valence-corrected chi connectivity index (χ1v) is 8.88. The molecule has 124 valence electrons. The lowest BCUT2D eigenvalue weighted by Gasteiger charge is -2.22. The number of amides is 2. The first kappa shape index (κ1) is 16.6. The molecule has 0 saturated heterocycles. The number of fused-ring (bicyclic) bond motifs is 1. The SMILES string of the molecule is CC(=O)Nc1cccc(C(=O)N2CCC(C)Sc3ccccc32)c1. The first-order valence-electron chi connectivity index (χ1n) is 8.00. The molecule has 0 bridgehead atoms. The molecule has 0 saturated carbocycles. The molecular formula is C19H20N2O2S. The van der Waals surface area contributed by atoms with Crippen LogP contribution in [-0.2, 0) is 4.79 Å². The third-order valence-corrected chi connectivity index (χ3v) is 5.16. The fourth-order valence-corrected chi connectivity index (χ4v) is 3.90. The van der Waals surface area contributed by atoms with E-state index in [1.165, 1.54) is 6.92 Å². The molecule has 2 amide bonds. The molecule has 0 aliphatic carbocycles. The second-order valence-corrected chi connectivity index (χ2v) is 7.38. The van der Waals surface area contributed by atoms with Gasteiger partial charge < -0.3 is 10.2 Å². The van der Waals surface area contributed by atoms with Gasteiger partial charge in [-0.2, -0.15) is 0 Å². The molecule has 0 radical (unpaired) electrons. The van der Waals surface area contributed by atoms with Crippen molar-refractivity contribution >= 4 is 35.0 Å². The van der Waals surface area contributed by atoms with E-state index in [-0.39, 0.29) is 11.8 Å². The summed E-state index contributed by atoms with van der Waals surface area (Å²) >= 11 is 1.81. The highest BCUT2D eigenvalue weighted by atomic mass is 32.2. The topological polar surface area (TPSA) is 49.4 Å². The van der Waals surface area contributed by atoms with Crippen LogP contribution in [-0.4, -0.2) is 23.6 Å². The minimum Gasteiger partial charge on any atom is -0.326 e. The summed E-state index contributed by atoms with van der Waals surface area (Å²) in [4.78, 5) is 27.3. The van der Waals surface area contributed by atoms with Crippen LogP contribution in [0.15, 0.2) is 53.4 Å². The molecule has 1 aliphatic heterocycles. The van der Waals surface area contributed by atoms with E-state index in [2.05, 4.69) is 18.3 Å². The van der Waals surface area contributed by atoms with E-state index in [1.54, 1.807) is 24.3 Å². The predicted octanol–water partition coefficient (Wildman–Crippen LogP) is 4.18. The summed E-state index contributed by atoms with van der Waals surface area (Å²) in [6, 6.07) is 15.1. The summed E-state index contributed by atoms with van der Waals surface area (Å²) in [5.41, 5.74) is 2.18. The zero-order valence-electron chi connectivity index (χ0n) is 13.8. The Bertz CT molecular complexity index is 775. The molecule has 1 atom stereocenters. The molecule has 4 nitrogen and oxygen atoms in total. The lowest BCUT2D eigenvalue weighted by molar-refractivity contribution is -0.114. The number of hydrogen-bond donors (Lipinski definition) is 1. The van der Waals surface area contributed by atoms with Crippen LogP contribution in [0.3, 0.4) is 0 Å². The van der Waals surface area contributed by atoms with Crippen LogP contribution in [0.25, 0.3) is 0 Å². The summed E-state index contributed by atoms with van der Waals surface area (Å²) in [6.07, 6.45) is 0.941. The van der Waals surface area contributed by atoms with E-state index in [9.17, 15) is 9.59 Å². The molecule has 1 aliphatic rings. The third-order valence-electron chi connectivity index (χ3n) is 3.92. The maximum Gasteiger partial charge on any atom is 0.258 e. The molecular weight excluding hydrogens is 320 g/mol. The molecule has 1 unspecified atom stereocenters. The van der Waals surface area contributed by atoms with Crippen LogP contribution in [0.5, 0.6) is 0 Å². The Labute approximate surface area is 146 Å². The first-order chi connectivity index (χ1) is 11.5. The molecule has 2 aromatic rings. The maximum atomic E-state index is 13.1. The minimum absolute atomic E-state index is 0.0376. The van der Waals surface area contributed by atoms with Crippen LogP contribution < -0.4 is 10.2 Å². The summed E-state index contributed by atoms with van der Waals surface area (Å²) in [7, 11) is 0. The minimum atomic E-state index is -0.148. The summed E-state index contributed by atoms with van der Waals surface area (Å²) in [5, 5.41) is 3.20. The average Bonchev–Trinajstić information content (AvgIpc) is 2.72. The summed E-state index contributed by atoms with van der Waals surface area (Å²) < 4.78 is 0. The Morgan fingerprint density at radius 1 is 1.17 bits per heavy atom. The molecule has 24 heavy (non-hydrogen) atoms. The third kappa shape index (κ3) is 3.62. The van der Waals surface area contributed by atoms with Gasteiger partial charge in [-0.05, 0) is 36.8 Å². The van der Waals surface area contributed by atoms with Crippen molar-refractivity contribution < 1.29 is 9.59 Å². The second-order valence-electron chi connectivity index (χ2n) is 5.90. The molecule has 5 heteroatoms. The van der Waals surface area contributed by atoms with Crippen LogP contribution in [0.1, 0.15) is 30.6 Å². The van der Waals surface area contributed by atoms with Gasteiger partial charge in [0.15, 0.2) is 0 Å². The van der Waals surface area contributed by atoms with Gasteiger partial charge in [0.05, 0.1) is 5.69 Å². The van der Waals surface area contributed by atoms with Crippen molar-refractivity contribution in [3.8, 4) is 0 Å². The number of thioether (sulfide) groups is 1. The zero-order chi connectivity index (χ0) is 17.1. The van der Waals surface area contributed by atoms with Crippen LogP contribution in [0.2, 0.25) is 0 Å². The monoisotopic (exact) mass is 340 g/mol. The van der Waals surface area contributed by atoms with Gasteiger partial charge >= 0.3 is 0 Å². The van der Waals surface area contributed by atoms with Gasteiger partial charge in [0.1, 0.15) is 0 Å². The lowest BCUT2D eigenvalue weighted by Crippen LogP contribution is -2.32. The van der Waals surface area contributed by atoms with Gasteiger partial charge in [-0.3, -0.25) is 9.59 Å². The zero-order valence-corrected chi connectivity index (χ0v) is 14.6. The highest BCUT2D eigenvalue weighted by molar-refractivity contribution is 8.00. The van der Waals surface area contributed by atoms with Crippen molar-refractivity contribution in [1.29, 1.82) is 0 Å². The highest BCUT2D eigenvalue weighted by Crippen LogP contribution is 2.37. The van der Waals surface area contributed by atoms with E-state index in [1.807, 2.05) is 34.9 Å². The number of nitrogens with one attached hydrogen (secondary N) is 1. The van der Waals surface area contributed by atoms with Gasteiger partial charge in [0.2, 0.25) is 5.91 Å². The number of anilines is 2. The van der Waals surface area contributed by atoms with Gasteiger partial charge in [-0.1, -0.05) is 25.1 Å². The number of para-hydroxylation sites is 1. The Hall–Kier alpha value is -2.27. The Balaban J connectivity index is 1.93. The number of hydrogen-bond acceptors (Lipinski definition) is 3. The van der Waals surface area contributed by atoms with Crippen LogP contribution in [0.4, 0.5) is 11.4 Å². The highest BCUT2D eigenvalue weighted by Gasteiger charge is 2.25. The smallest absolute Gasteiger partial charge is 0.258 e. The number of rotatable bonds is 2. The quantitative estimate of drug-likeness (QED) is 0.892. The van der Waals surface area contributed by atoms with Gasteiger partial charge in [-0.15, -0.1) is 11.8 Å². The Kier molecular flexibility index (Phi) is 4.90. The van der Waals surface area contributed by atoms with Crippen LogP contribution in [0, 0.1) is 0 Å². The van der Waals surface area contributed by atoms with E-state index in [0.717, 1.165) is 17.0 Å². The molecule has 1 N–H and O–H groups in total. The van der Waals surface area contributed by atoms with Crippen molar-refractivity contribution in [2.45, 2.75) is 30.4 Å². The van der Waals surface area contributed by atoms with Crippen LogP contribution >= 0.6 is 11.8 Å². The van der Waals surface area contributed by atoms with Crippen molar-refractivity contribution in [2.24, 2.45) is 0 Å². The Morgan fingerprint density at radius 2 is 1.96 bits per heavy atom. The van der Waals surface area contributed by atoms with Crippen molar-refractivity contribution in [3.05, 3.63) is 54.1 Å². The molecule has 2 aromatic carbocycles. The standard InChI is InChI=1S/C19H20N2O2S/c1-13-10-11-21(17-8-3-4-9-18(17)24-13)19(23)15-6-5-7-16(12-15)20-14(2)22/h3-9,12-13H,10-11H2,1-2H3,(H,20,22). The molecule has 0 aromatic heterocycles. The number of carbonyl (C=O) groups excluding carboxylic acids is 2. The van der Waals surface area contributed by atoms with E-state index < -0.39 is 0 Å². The number of nitrogens with zero attached hydrogens (tertiary/aromatic N) is 1. The van der Waals surface area contributed by atoms with Gasteiger partial charge in [0.25, 0.3) is 5.91 Å². The van der Waals surface area contributed by atoms with Gasteiger partial charge in [-0.25, -0.2) is 0 Å². The largest absolute Gasteiger partial charge is 0.326 e. The van der Waals surface area contributed by atoms with Crippen molar-refractivity contribution in [1.82, 2.24) is 0 Å². The van der Waals surface area contributed by atoms with Crippen molar-refractivity contribution in [2.75, 3.05) is 16.8 Å².